The van der Waals surface area contributed by atoms with E-state index in [1.807, 2.05) is 4.90 Å². The Morgan fingerprint density at radius 3 is 2.50 bits per heavy atom. The molecule has 0 radical (unpaired) electrons. The van der Waals surface area contributed by atoms with E-state index in [0.717, 1.165) is 49.7 Å². The van der Waals surface area contributed by atoms with Crippen molar-refractivity contribution in [1.82, 2.24) is 19.6 Å². The number of halogens is 1. The Bertz CT molecular complexity index is 1060. The summed E-state index contributed by atoms with van der Waals surface area (Å²) in [5.74, 6) is 0.191. The van der Waals surface area contributed by atoms with Gasteiger partial charge in [-0.3, -0.25) is 9.69 Å². The fourth-order valence-corrected chi connectivity index (χ4v) is 6.15. The first-order chi connectivity index (χ1) is 16.4. The lowest BCUT2D eigenvalue weighted by molar-refractivity contribution is -0.114. The average molecular weight is 485 g/mol. The van der Waals surface area contributed by atoms with Crippen LogP contribution in [0.15, 0.2) is 30.5 Å². The highest BCUT2D eigenvalue weighted by Gasteiger charge is 2.43. The Morgan fingerprint density at radius 1 is 1.03 bits per heavy atom. The standard InChI is InChI=1S/C25H33ClN6O2/c1-19(33)27-23-7-14-32(28-23)24(34)30-15-9-25(10-16-30)8-4-13-31(25)18-20-5-6-22(21(26)17-20)29-11-2-3-12-29/h5-7,14,17H,2-4,8-13,15-16,18H2,1H3,(H,27,28,33). The molecule has 1 aromatic heterocycles. The average Bonchev–Trinajstić information content (AvgIpc) is 3.57. The van der Waals surface area contributed by atoms with Crippen LogP contribution in [0.4, 0.5) is 16.3 Å². The number of nitrogens with zero attached hydrogens (tertiary/aromatic N) is 5. The second-order valence-electron chi connectivity index (χ2n) is 9.83. The highest BCUT2D eigenvalue weighted by Crippen LogP contribution is 2.40. The minimum Gasteiger partial charge on any atom is -0.370 e. The van der Waals surface area contributed by atoms with Gasteiger partial charge in [0.05, 0.1) is 10.7 Å². The third-order valence-corrected chi connectivity index (χ3v) is 7.93. The molecule has 34 heavy (non-hydrogen) atoms. The number of benzene rings is 1. The summed E-state index contributed by atoms with van der Waals surface area (Å²) < 4.78 is 1.32. The van der Waals surface area contributed by atoms with Crippen LogP contribution in [0, 0.1) is 0 Å². The van der Waals surface area contributed by atoms with E-state index in [2.05, 4.69) is 38.4 Å². The summed E-state index contributed by atoms with van der Waals surface area (Å²) in [7, 11) is 0. The van der Waals surface area contributed by atoms with E-state index >= 15 is 0 Å². The lowest BCUT2D eigenvalue weighted by atomic mass is 9.85. The van der Waals surface area contributed by atoms with Crippen molar-refractivity contribution < 1.29 is 9.59 Å². The van der Waals surface area contributed by atoms with E-state index in [9.17, 15) is 9.59 Å². The summed E-state index contributed by atoms with van der Waals surface area (Å²) >= 11 is 6.68. The van der Waals surface area contributed by atoms with Crippen molar-refractivity contribution in [3.05, 3.63) is 41.0 Å². The number of piperidine rings is 1. The number of nitrogens with one attached hydrogen (secondary N) is 1. The Hall–Kier alpha value is -2.58. The zero-order chi connectivity index (χ0) is 23.7. The molecule has 2 aromatic rings. The maximum atomic E-state index is 12.9. The van der Waals surface area contributed by atoms with Gasteiger partial charge in [0.15, 0.2) is 5.82 Å². The van der Waals surface area contributed by atoms with Gasteiger partial charge in [-0.2, -0.15) is 4.68 Å². The van der Waals surface area contributed by atoms with Crippen molar-refractivity contribution in [1.29, 1.82) is 0 Å². The first-order valence-corrected chi connectivity index (χ1v) is 12.7. The first-order valence-electron chi connectivity index (χ1n) is 12.3. The molecule has 0 bridgehead atoms. The molecular weight excluding hydrogens is 452 g/mol. The molecule has 0 aliphatic carbocycles. The number of carbonyl (C=O) groups is 2. The summed E-state index contributed by atoms with van der Waals surface area (Å²) in [5, 5.41) is 7.66. The first kappa shape index (κ1) is 23.2. The van der Waals surface area contributed by atoms with Crippen molar-refractivity contribution >= 4 is 35.0 Å². The van der Waals surface area contributed by atoms with Gasteiger partial charge in [-0.25, -0.2) is 4.79 Å². The smallest absolute Gasteiger partial charge is 0.344 e. The summed E-state index contributed by atoms with van der Waals surface area (Å²) in [6, 6.07) is 8.06. The maximum Gasteiger partial charge on any atom is 0.344 e. The van der Waals surface area contributed by atoms with Gasteiger partial charge in [0, 0.05) is 57.4 Å². The number of anilines is 2. The van der Waals surface area contributed by atoms with E-state index in [1.165, 1.54) is 42.9 Å². The van der Waals surface area contributed by atoms with Gasteiger partial charge in [0.1, 0.15) is 0 Å². The molecule has 0 saturated carbocycles. The quantitative estimate of drug-likeness (QED) is 0.704. The summed E-state index contributed by atoms with van der Waals surface area (Å²) in [5.41, 5.74) is 2.56. The fourth-order valence-electron chi connectivity index (χ4n) is 5.83. The van der Waals surface area contributed by atoms with Crippen LogP contribution >= 0.6 is 11.6 Å². The van der Waals surface area contributed by atoms with Crippen LogP contribution in [0.1, 0.15) is 51.0 Å². The largest absolute Gasteiger partial charge is 0.370 e. The Balaban J connectivity index is 1.21. The van der Waals surface area contributed by atoms with Crippen LogP contribution in [0.25, 0.3) is 0 Å². The van der Waals surface area contributed by atoms with Crippen LogP contribution in [0.5, 0.6) is 0 Å². The van der Waals surface area contributed by atoms with Crippen molar-refractivity contribution in [2.45, 2.75) is 57.5 Å². The maximum absolute atomic E-state index is 12.9. The number of hydrogen-bond donors (Lipinski definition) is 1. The second-order valence-corrected chi connectivity index (χ2v) is 10.2. The van der Waals surface area contributed by atoms with E-state index in [4.69, 9.17) is 11.6 Å². The third kappa shape index (κ3) is 4.66. The molecular formula is C25H33ClN6O2. The number of rotatable bonds is 4. The zero-order valence-corrected chi connectivity index (χ0v) is 20.6. The van der Waals surface area contributed by atoms with Gasteiger partial charge in [0.2, 0.25) is 5.91 Å². The van der Waals surface area contributed by atoms with Gasteiger partial charge in [-0.05, 0) is 62.8 Å². The van der Waals surface area contributed by atoms with E-state index in [0.29, 0.717) is 18.9 Å². The molecule has 9 heteroatoms. The number of likely N-dealkylation sites (tertiary alicyclic amines) is 2. The number of aromatic nitrogens is 2. The van der Waals surface area contributed by atoms with Crippen LogP contribution in [0.2, 0.25) is 5.02 Å². The van der Waals surface area contributed by atoms with Crippen LogP contribution in [-0.2, 0) is 11.3 Å². The lowest BCUT2D eigenvalue weighted by Gasteiger charge is -2.45. The van der Waals surface area contributed by atoms with Crippen LogP contribution in [-0.4, -0.2) is 69.8 Å². The molecule has 0 unspecified atom stereocenters. The van der Waals surface area contributed by atoms with E-state index < -0.39 is 0 Å². The number of amides is 2. The molecule has 0 atom stereocenters. The van der Waals surface area contributed by atoms with Gasteiger partial charge < -0.3 is 15.1 Å². The molecule has 4 heterocycles. The second kappa shape index (κ2) is 9.58. The molecule has 1 spiro atoms. The van der Waals surface area contributed by atoms with Crippen molar-refractivity contribution in [3.8, 4) is 0 Å². The topological polar surface area (TPSA) is 73.7 Å². The Kier molecular flexibility index (Phi) is 6.53. The molecule has 3 aliphatic heterocycles. The number of carbonyl (C=O) groups excluding carboxylic acids is 2. The van der Waals surface area contributed by atoms with Gasteiger partial charge in [-0.15, -0.1) is 5.10 Å². The van der Waals surface area contributed by atoms with E-state index in [1.54, 1.807) is 12.3 Å². The monoisotopic (exact) mass is 484 g/mol. The molecule has 3 fully saturated rings. The molecule has 8 nitrogen and oxygen atoms in total. The SMILES string of the molecule is CC(=O)Nc1ccn(C(=O)N2CCC3(CCCN3Cc3ccc(N4CCCC4)c(Cl)c3)CC2)n1. The minimum atomic E-state index is -0.203. The third-order valence-electron chi connectivity index (χ3n) is 7.63. The number of hydrogen-bond acceptors (Lipinski definition) is 5. The predicted molar refractivity (Wildman–Crippen MR) is 133 cm³/mol. The zero-order valence-electron chi connectivity index (χ0n) is 19.8. The van der Waals surface area contributed by atoms with E-state index in [-0.39, 0.29) is 17.5 Å². The van der Waals surface area contributed by atoms with Crippen LogP contribution in [0.3, 0.4) is 0 Å². The van der Waals surface area contributed by atoms with Crippen LogP contribution < -0.4 is 10.2 Å². The highest BCUT2D eigenvalue weighted by molar-refractivity contribution is 6.33. The Morgan fingerprint density at radius 2 is 1.79 bits per heavy atom. The molecule has 1 N–H and O–H groups in total. The van der Waals surface area contributed by atoms with Crippen molar-refractivity contribution in [2.24, 2.45) is 0 Å². The van der Waals surface area contributed by atoms with Crippen molar-refractivity contribution in [3.63, 3.8) is 0 Å². The summed E-state index contributed by atoms with van der Waals surface area (Å²) in [6.07, 6.45) is 8.36. The molecule has 182 valence electrons. The normalized spacial score (nSPS) is 20.3. The molecule has 3 aliphatic rings. The Labute approximate surface area is 205 Å². The molecule has 5 rings (SSSR count). The summed E-state index contributed by atoms with van der Waals surface area (Å²) in [4.78, 5) is 31.0. The van der Waals surface area contributed by atoms with Crippen molar-refractivity contribution in [2.75, 3.05) is 42.9 Å². The lowest BCUT2D eigenvalue weighted by Crippen LogP contribution is -2.53. The highest BCUT2D eigenvalue weighted by atomic mass is 35.5. The molecule has 1 aromatic carbocycles. The summed E-state index contributed by atoms with van der Waals surface area (Å²) in [6.45, 7) is 7.01. The minimum absolute atomic E-state index is 0.139. The molecule has 2 amide bonds. The predicted octanol–water partition coefficient (Wildman–Crippen LogP) is 4.19. The molecule has 3 saturated heterocycles. The fraction of sp³-hybridized carbons (Fsp3) is 0.560. The van der Waals surface area contributed by atoms with Gasteiger partial charge >= 0.3 is 6.03 Å². The van der Waals surface area contributed by atoms with Gasteiger partial charge in [0.25, 0.3) is 0 Å². The van der Waals surface area contributed by atoms with Gasteiger partial charge in [-0.1, -0.05) is 17.7 Å².